The highest BCUT2D eigenvalue weighted by Gasteiger charge is 2.06. The van der Waals surface area contributed by atoms with E-state index in [0.29, 0.717) is 19.3 Å². The average molecular weight is 184 g/mol. The summed E-state index contributed by atoms with van der Waals surface area (Å²) in [6.45, 7) is -0.421. The van der Waals surface area contributed by atoms with Crippen LogP contribution in [0.3, 0.4) is 0 Å². The maximum atomic E-state index is 13.1. The zero-order valence-corrected chi connectivity index (χ0v) is 7.55. The van der Waals surface area contributed by atoms with E-state index in [4.69, 9.17) is 0 Å². The number of hydrogen-bond donors (Lipinski definition) is 0. The minimum absolute atomic E-state index is 0.325. The van der Waals surface area contributed by atoms with Crippen LogP contribution in [-0.4, -0.2) is 12.8 Å². The van der Waals surface area contributed by atoms with Gasteiger partial charge in [-0.2, -0.15) is 0 Å². The third-order valence-corrected chi connectivity index (χ3v) is 1.95. The Bertz CT molecular complexity index is 221. The van der Waals surface area contributed by atoms with Crippen molar-refractivity contribution >= 4 is 0 Å². The Hall–Kier alpha value is -0.920. The van der Waals surface area contributed by atoms with Crippen LogP contribution in [0.15, 0.2) is 30.3 Å². The van der Waals surface area contributed by atoms with Crippen LogP contribution in [0.1, 0.15) is 18.4 Å². The van der Waals surface area contributed by atoms with Crippen LogP contribution in [-0.2, 0) is 6.42 Å². The summed E-state index contributed by atoms with van der Waals surface area (Å²) in [6, 6.07) is 9.46. The number of benzene rings is 1. The first-order chi connectivity index (χ1) is 6.33. The number of rotatable bonds is 5. The molecule has 0 aliphatic heterocycles. The number of alkyl halides is 2. The molecular formula is C11H14F2. The fourth-order valence-electron chi connectivity index (χ4n) is 1.27. The maximum Gasteiger partial charge on any atom is 0.104 e. The van der Waals surface area contributed by atoms with Crippen LogP contribution >= 0.6 is 0 Å². The first-order valence-corrected chi connectivity index (χ1v) is 4.57. The number of halogens is 2. The van der Waals surface area contributed by atoms with Gasteiger partial charge in [-0.05, 0) is 18.4 Å². The molecule has 1 aromatic rings. The smallest absolute Gasteiger partial charge is 0.104 e. The second-order valence-electron chi connectivity index (χ2n) is 3.12. The maximum absolute atomic E-state index is 13.1. The van der Waals surface area contributed by atoms with E-state index in [1.807, 2.05) is 30.3 Å². The molecule has 0 saturated carbocycles. The molecule has 1 rings (SSSR count). The molecule has 0 saturated heterocycles. The Balaban J connectivity index is 2.32. The van der Waals surface area contributed by atoms with Crippen molar-refractivity contribution < 1.29 is 8.78 Å². The molecule has 0 aromatic heterocycles. The zero-order chi connectivity index (χ0) is 9.52. The first kappa shape index (κ1) is 10.2. The van der Waals surface area contributed by atoms with Crippen LogP contribution < -0.4 is 0 Å². The Kier molecular flexibility index (Phi) is 4.44. The highest BCUT2D eigenvalue weighted by Crippen LogP contribution is 2.10. The van der Waals surface area contributed by atoms with Gasteiger partial charge in [-0.15, -0.1) is 0 Å². The molecule has 13 heavy (non-hydrogen) atoms. The fraction of sp³-hybridized carbons (Fsp3) is 0.455. The molecule has 0 radical (unpaired) electrons. The minimum atomic E-state index is -0.904. The first-order valence-electron chi connectivity index (χ1n) is 4.57. The van der Waals surface area contributed by atoms with Gasteiger partial charge in [-0.25, -0.2) is 4.39 Å². The predicted octanol–water partition coefficient (Wildman–Crippen LogP) is 3.32. The Morgan fingerprint density at radius 1 is 1.15 bits per heavy atom. The van der Waals surface area contributed by atoms with Crippen molar-refractivity contribution in [2.75, 3.05) is 6.67 Å². The normalized spacial score (nSPS) is 12.8. The summed E-state index contributed by atoms with van der Waals surface area (Å²) in [5.41, 5.74) is 0.980. The van der Waals surface area contributed by atoms with E-state index >= 15 is 0 Å². The van der Waals surface area contributed by atoms with E-state index < -0.39 is 12.8 Å². The molecule has 0 heterocycles. The Labute approximate surface area is 77.6 Å². The lowest BCUT2D eigenvalue weighted by Crippen LogP contribution is -2.04. The van der Waals surface area contributed by atoms with Gasteiger partial charge >= 0.3 is 0 Å². The molecule has 1 aromatic carbocycles. The Morgan fingerprint density at radius 3 is 2.46 bits per heavy atom. The molecule has 1 unspecified atom stereocenters. The molecule has 0 amide bonds. The lowest BCUT2D eigenvalue weighted by molar-refractivity contribution is 0.293. The molecule has 0 fully saturated rings. The lowest BCUT2D eigenvalue weighted by Gasteiger charge is -2.06. The van der Waals surface area contributed by atoms with Crippen molar-refractivity contribution in [1.29, 1.82) is 0 Å². The van der Waals surface area contributed by atoms with Gasteiger partial charge in [0.15, 0.2) is 0 Å². The second-order valence-corrected chi connectivity index (χ2v) is 3.12. The summed E-state index contributed by atoms with van der Waals surface area (Å²) in [4.78, 5) is 0. The summed E-state index contributed by atoms with van der Waals surface area (Å²) >= 11 is 0. The summed E-state index contributed by atoms with van der Waals surface area (Å²) in [5, 5.41) is 0. The van der Waals surface area contributed by atoms with E-state index in [1.165, 1.54) is 0 Å². The summed E-state index contributed by atoms with van der Waals surface area (Å²) in [6.07, 6.45) is 0.151. The zero-order valence-electron chi connectivity index (χ0n) is 7.55. The number of hydrogen-bond acceptors (Lipinski definition) is 0. The van der Waals surface area contributed by atoms with E-state index in [-0.39, 0.29) is 0 Å². The molecule has 0 spiro atoms. The quantitative estimate of drug-likeness (QED) is 0.658. The summed E-state index contributed by atoms with van der Waals surface area (Å²) in [5.74, 6) is 0. The molecule has 72 valence electrons. The molecule has 0 N–H and O–H groups in total. The van der Waals surface area contributed by atoms with Crippen LogP contribution in [0.5, 0.6) is 0 Å². The molecular weight excluding hydrogens is 170 g/mol. The molecule has 0 aliphatic rings. The average Bonchev–Trinajstić information content (AvgIpc) is 2.16. The molecule has 0 bridgehead atoms. The van der Waals surface area contributed by atoms with Crippen LogP contribution in [0, 0.1) is 0 Å². The van der Waals surface area contributed by atoms with E-state index in [1.54, 1.807) is 0 Å². The van der Waals surface area contributed by atoms with Crippen LogP contribution in [0.2, 0.25) is 0 Å². The largest absolute Gasteiger partial charge is 0.251 e. The van der Waals surface area contributed by atoms with E-state index in [9.17, 15) is 8.78 Å². The molecule has 0 nitrogen and oxygen atoms in total. The topological polar surface area (TPSA) is 0 Å². The van der Waals surface area contributed by atoms with Crippen molar-refractivity contribution in [2.45, 2.75) is 25.4 Å². The highest BCUT2D eigenvalue weighted by molar-refractivity contribution is 5.15. The van der Waals surface area contributed by atoms with Gasteiger partial charge in [0.25, 0.3) is 0 Å². The van der Waals surface area contributed by atoms with E-state index in [2.05, 4.69) is 0 Å². The summed E-state index contributed by atoms with van der Waals surface area (Å²) in [7, 11) is 0. The van der Waals surface area contributed by atoms with Gasteiger partial charge in [0.1, 0.15) is 6.17 Å². The minimum Gasteiger partial charge on any atom is -0.251 e. The SMILES string of the molecule is FCCCC(F)Cc1ccccc1. The van der Waals surface area contributed by atoms with Crippen molar-refractivity contribution in [3.8, 4) is 0 Å². The van der Waals surface area contributed by atoms with E-state index in [0.717, 1.165) is 5.56 Å². The molecule has 0 aliphatic carbocycles. The second kappa shape index (κ2) is 5.68. The van der Waals surface area contributed by atoms with Crippen molar-refractivity contribution in [3.63, 3.8) is 0 Å². The van der Waals surface area contributed by atoms with Gasteiger partial charge in [0.2, 0.25) is 0 Å². The lowest BCUT2D eigenvalue weighted by atomic mass is 10.1. The molecule has 1 atom stereocenters. The Morgan fingerprint density at radius 2 is 1.85 bits per heavy atom. The van der Waals surface area contributed by atoms with Crippen molar-refractivity contribution in [3.05, 3.63) is 35.9 Å². The van der Waals surface area contributed by atoms with Gasteiger partial charge in [0, 0.05) is 6.42 Å². The van der Waals surface area contributed by atoms with Gasteiger partial charge in [-0.1, -0.05) is 30.3 Å². The standard InChI is InChI=1S/C11H14F2/c12-8-4-7-11(13)9-10-5-2-1-3-6-10/h1-3,5-6,11H,4,7-9H2. The summed E-state index contributed by atoms with van der Waals surface area (Å²) < 4.78 is 24.8. The third kappa shape index (κ3) is 4.02. The molecule has 2 heteroatoms. The van der Waals surface area contributed by atoms with Gasteiger partial charge < -0.3 is 0 Å². The van der Waals surface area contributed by atoms with Crippen molar-refractivity contribution in [1.82, 2.24) is 0 Å². The highest BCUT2D eigenvalue weighted by atomic mass is 19.1. The van der Waals surface area contributed by atoms with Crippen LogP contribution in [0.25, 0.3) is 0 Å². The fourth-order valence-corrected chi connectivity index (χ4v) is 1.27. The van der Waals surface area contributed by atoms with Gasteiger partial charge in [0.05, 0.1) is 6.67 Å². The third-order valence-electron chi connectivity index (χ3n) is 1.95. The van der Waals surface area contributed by atoms with Gasteiger partial charge in [-0.3, -0.25) is 4.39 Å². The van der Waals surface area contributed by atoms with Crippen LogP contribution in [0.4, 0.5) is 8.78 Å². The predicted molar refractivity (Wildman–Crippen MR) is 50.3 cm³/mol. The van der Waals surface area contributed by atoms with Crippen molar-refractivity contribution in [2.24, 2.45) is 0 Å². The monoisotopic (exact) mass is 184 g/mol.